The van der Waals surface area contributed by atoms with Crippen LogP contribution in [0.5, 0.6) is 0 Å². The Balaban J connectivity index is 1.70. The van der Waals surface area contributed by atoms with Crippen molar-refractivity contribution in [1.82, 2.24) is 10.2 Å². The van der Waals surface area contributed by atoms with Gasteiger partial charge in [0, 0.05) is 6.42 Å². The summed E-state index contributed by atoms with van der Waals surface area (Å²) in [6.45, 7) is 3.56. The summed E-state index contributed by atoms with van der Waals surface area (Å²) in [6, 6.07) is 3.91. The number of carbonyl (C=O) groups is 1. The first-order valence-corrected chi connectivity index (χ1v) is 7.67. The Bertz CT molecular complexity index is 665. The fraction of sp³-hybridized carbons (Fsp3) is 0.333. The molecule has 1 aliphatic rings. The summed E-state index contributed by atoms with van der Waals surface area (Å²) in [5.74, 6) is -0.260. The van der Waals surface area contributed by atoms with E-state index in [2.05, 4.69) is 20.7 Å². The summed E-state index contributed by atoms with van der Waals surface area (Å²) in [4.78, 5) is 18.7. The van der Waals surface area contributed by atoms with Crippen molar-refractivity contribution < 1.29 is 9.63 Å². The van der Waals surface area contributed by atoms with Crippen LogP contribution in [0.1, 0.15) is 23.2 Å². The number of hydrogen-bond acceptors (Lipinski definition) is 7. The molecule has 2 aromatic rings. The molecular weight excluding hydrogens is 296 g/mol. The average molecular weight is 308 g/mol. The Morgan fingerprint density at radius 2 is 2.35 bits per heavy atom. The van der Waals surface area contributed by atoms with Crippen LogP contribution >= 0.6 is 22.7 Å². The van der Waals surface area contributed by atoms with Crippen LogP contribution in [0.15, 0.2) is 22.7 Å². The number of amides is 1. The van der Waals surface area contributed by atoms with Crippen molar-refractivity contribution in [1.29, 1.82) is 0 Å². The van der Waals surface area contributed by atoms with Crippen molar-refractivity contribution in [3.05, 3.63) is 27.4 Å². The predicted octanol–water partition coefficient (Wildman–Crippen LogP) is 2.43. The second-order valence-corrected chi connectivity index (χ2v) is 6.72. The highest BCUT2D eigenvalue weighted by Gasteiger charge is 2.42. The maximum atomic E-state index is 12.3. The van der Waals surface area contributed by atoms with E-state index in [1.807, 2.05) is 24.4 Å². The van der Waals surface area contributed by atoms with E-state index < -0.39 is 5.60 Å². The second-order valence-electron chi connectivity index (χ2n) is 4.59. The summed E-state index contributed by atoms with van der Waals surface area (Å²) in [5, 5.41) is 17.7. The molecule has 0 aliphatic carbocycles. The number of carbonyl (C=O) groups excluding carboxylic acids is 1. The minimum absolute atomic E-state index is 0.260. The SMILES string of the molecule is Cc1nnc(NC(=O)C2(C)CC(c3cccs3)=NO2)s1. The maximum Gasteiger partial charge on any atom is 0.273 e. The van der Waals surface area contributed by atoms with Gasteiger partial charge in [-0.3, -0.25) is 10.1 Å². The Labute approximate surface area is 123 Å². The van der Waals surface area contributed by atoms with Gasteiger partial charge in [0.05, 0.1) is 4.88 Å². The van der Waals surface area contributed by atoms with Crippen molar-refractivity contribution in [2.75, 3.05) is 5.32 Å². The Morgan fingerprint density at radius 1 is 1.50 bits per heavy atom. The van der Waals surface area contributed by atoms with Crippen LogP contribution in [0.2, 0.25) is 0 Å². The number of hydrogen-bond donors (Lipinski definition) is 1. The van der Waals surface area contributed by atoms with Crippen molar-refractivity contribution in [2.45, 2.75) is 25.9 Å². The van der Waals surface area contributed by atoms with Crippen LogP contribution in [0.4, 0.5) is 5.13 Å². The number of thiophene rings is 1. The first-order valence-electron chi connectivity index (χ1n) is 5.97. The zero-order valence-electron chi connectivity index (χ0n) is 10.9. The van der Waals surface area contributed by atoms with Crippen LogP contribution in [-0.4, -0.2) is 27.4 Å². The molecule has 3 rings (SSSR count). The standard InChI is InChI=1S/C12H12N4O2S2/c1-7-14-15-11(20-7)13-10(17)12(2)6-8(16-18-12)9-4-3-5-19-9/h3-5H,6H2,1-2H3,(H,13,15,17). The zero-order valence-corrected chi connectivity index (χ0v) is 12.5. The smallest absolute Gasteiger partial charge is 0.273 e. The van der Waals surface area contributed by atoms with Gasteiger partial charge in [-0.25, -0.2) is 0 Å². The van der Waals surface area contributed by atoms with Crippen LogP contribution in [0.25, 0.3) is 0 Å². The van der Waals surface area contributed by atoms with Crippen LogP contribution in [0.3, 0.4) is 0 Å². The number of nitrogens with one attached hydrogen (secondary N) is 1. The van der Waals surface area contributed by atoms with Gasteiger partial charge < -0.3 is 4.84 Å². The minimum atomic E-state index is -1.00. The molecule has 0 radical (unpaired) electrons. The molecular formula is C12H12N4O2S2. The number of rotatable bonds is 3. The highest BCUT2D eigenvalue weighted by atomic mass is 32.1. The van der Waals surface area contributed by atoms with E-state index in [0.29, 0.717) is 11.6 Å². The van der Waals surface area contributed by atoms with Crippen molar-refractivity contribution in [3.63, 3.8) is 0 Å². The molecule has 0 saturated carbocycles. The van der Waals surface area contributed by atoms with E-state index in [1.165, 1.54) is 11.3 Å². The minimum Gasteiger partial charge on any atom is -0.379 e. The summed E-state index contributed by atoms with van der Waals surface area (Å²) >= 11 is 2.90. The highest BCUT2D eigenvalue weighted by molar-refractivity contribution is 7.15. The lowest BCUT2D eigenvalue weighted by molar-refractivity contribution is -0.135. The molecule has 1 aliphatic heterocycles. The predicted molar refractivity (Wildman–Crippen MR) is 78.2 cm³/mol. The molecule has 0 bridgehead atoms. The summed E-state index contributed by atoms with van der Waals surface area (Å²) in [7, 11) is 0. The molecule has 6 nitrogen and oxygen atoms in total. The van der Waals surface area contributed by atoms with E-state index in [9.17, 15) is 4.79 Å². The molecule has 20 heavy (non-hydrogen) atoms. The Kier molecular flexibility index (Phi) is 3.27. The molecule has 8 heteroatoms. The number of oxime groups is 1. The van der Waals surface area contributed by atoms with E-state index in [1.54, 1.807) is 18.3 Å². The highest BCUT2D eigenvalue weighted by Crippen LogP contribution is 2.29. The third-order valence-corrected chi connectivity index (χ3v) is 4.57. The van der Waals surface area contributed by atoms with Gasteiger partial charge in [-0.1, -0.05) is 22.6 Å². The second kappa shape index (κ2) is 4.95. The Morgan fingerprint density at radius 3 is 3.00 bits per heavy atom. The van der Waals surface area contributed by atoms with Crippen molar-refractivity contribution in [2.24, 2.45) is 5.16 Å². The van der Waals surface area contributed by atoms with Gasteiger partial charge in [0.15, 0.2) is 0 Å². The quantitative estimate of drug-likeness (QED) is 0.944. The first kappa shape index (κ1) is 13.2. The summed E-state index contributed by atoms with van der Waals surface area (Å²) in [5.41, 5.74) is -0.204. The zero-order chi connectivity index (χ0) is 14.2. The number of aryl methyl sites for hydroxylation is 1. The molecule has 0 fully saturated rings. The topological polar surface area (TPSA) is 76.5 Å². The lowest BCUT2D eigenvalue weighted by Gasteiger charge is -2.19. The third-order valence-electron chi connectivity index (χ3n) is 2.89. The van der Waals surface area contributed by atoms with Gasteiger partial charge in [0.25, 0.3) is 5.91 Å². The number of anilines is 1. The number of nitrogens with zero attached hydrogens (tertiary/aromatic N) is 3. The van der Waals surface area contributed by atoms with Crippen LogP contribution in [0, 0.1) is 6.92 Å². The number of aromatic nitrogens is 2. The lowest BCUT2D eigenvalue weighted by Crippen LogP contribution is -2.40. The maximum absolute atomic E-state index is 12.3. The molecule has 3 heterocycles. The molecule has 0 saturated heterocycles. The fourth-order valence-corrected chi connectivity index (χ4v) is 3.11. The molecule has 2 aromatic heterocycles. The molecule has 1 unspecified atom stereocenters. The largest absolute Gasteiger partial charge is 0.379 e. The van der Waals surface area contributed by atoms with Gasteiger partial charge in [-0.2, -0.15) is 0 Å². The van der Waals surface area contributed by atoms with E-state index in [4.69, 9.17) is 4.84 Å². The van der Waals surface area contributed by atoms with Gasteiger partial charge in [0.2, 0.25) is 10.7 Å². The van der Waals surface area contributed by atoms with E-state index in [-0.39, 0.29) is 5.91 Å². The molecule has 104 valence electrons. The van der Waals surface area contributed by atoms with E-state index >= 15 is 0 Å². The van der Waals surface area contributed by atoms with E-state index in [0.717, 1.165) is 15.6 Å². The third kappa shape index (κ3) is 2.44. The fourth-order valence-electron chi connectivity index (χ4n) is 1.81. The first-order chi connectivity index (χ1) is 9.57. The van der Waals surface area contributed by atoms with Gasteiger partial charge in [0.1, 0.15) is 10.7 Å². The summed E-state index contributed by atoms with van der Waals surface area (Å²) in [6.07, 6.45) is 0.442. The molecule has 1 N–H and O–H groups in total. The van der Waals surface area contributed by atoms with Gasteiger partial charge in [-0.15, -0.1) is 21.5 Å². The van der Waals surface area contributed by atoms with Crippen LogP contribution in [-0.2, 0) is 9.63 Å². The van der Waals surface area contributed by atoms with Crippen molar-refractivity contribution in [3.8, 4) is 0 Å². The van der Waals surface area contributed by atoms with Gasteiger partial charge >= 0.3 is 0 Å². The average Bonchev–Trinajstić information content (AvgIpc) is 3.10. The normalized spacial score (nSPS) is 21.4. The van der Waals surface area contributed by atoms with Crippen molar-refractivity contribution >= 4 is 39.4 Å². The molecule has 1 amide bonds. The summed E-state index contributed by atoms with van der Waals surface area (Å²) < 4.78 is 0. The Hall–Kier alpha value is -1.80. The molecule has 0 spiro atoms. The van der Waals surface area contributed by atoms with Gasteiger partial charge in [-0.05, 0) is 25.3 Å². The monoisotopic (exact) mass is 308 g/mol. The lowest BCUT2D eigenvalue weighted by atomic mass is 9.98. The van der Waals surface area contributed by atoms with Crippen LogP contribution < -0.4 is 5.32 Å². The molecule has 0 aromatic carbocycles. The molecule has 1 atom stereocenters.